The minimum absolute atomic E-state index is 0.125. The van der Waals surface area contributed by atoms with Crippen molar-refractivity contribution < 1.29 is 9.00 Å². The van der Waals surface area contributed by atoms with Crippen molar-refractivity contribution in [1.29, 1.82) is 0 Å². The van der Waals surface area contributed by atoms with Gasteiger partial charge in [-0.15, -0.1) is 0 Å². The molecule has 0 fully saturated rings. The quantitative estimate of drug-likeness (QED) is 0.313. The maximum absolute atomic E-state index is 13.0. The number of hydrogen-bond acceptors (Lipinski definition) is 5. The molecule has 2 aromatic carbocycles. The van der Waals surface area contributed by atoms with E-state index in [1.165, 1.54) is 0 Å². The van der Waals surface area contributed by atoms with Gasteiger partial charge in [0.2, 0.25) is 0 Å². The van der Waals surface area contributed by atoms with Crippen LogP contribution in [0.15, 0.2) is 88.9 Å². The molecule has 35 heavy (non-hydrogen) atoms. The summed E-state index contributed by atoms with van der Waals surface area (Å²) in [6, 6.07) is 17.7. The zero-order chi connectivity index (χ0) is 23.9. The molecule has 3 N–H and O–H groups in total. The van der Waals surface area contributed by atoms with Crippen LogP contribution in [-0.4, -0.2) is 29.7 Å². The third-order valence-corrected chi connectivity index (χ3v) is 6.86. The maximum atomic E-state index is 13.0. The van der Waals surface area contributed by atoms with Gasteiger partial charge in [0.05, 0.1) is 16.8 Å². The van der Waals surface area contributed by atoms with Crippen LogP contribution >= 0.6 is 0 Å². The van der Waals surface area contributed by atoms with E-state index in [4.69, 9.17) is 4.98 Å². The molecule has 1 unspecified atom stereocenters. The average molecular weight is 483 g/mol. The second-order valence-electron chi connectivity index (χ2n) is 8.05. The number of benzene rings is 2. The van der Waals surface area contributed by atoms with Crippen molar-refractivity contribution in [1.82, 2.24) is 24.9 Å². The van der Waals surface area contributed by atoms with Crippen molar-refractivity contribution in [3.63, 3.8) is 0 Å². The first-order chi connectivity index (χ1) is 17.0. The molecule has 5 aromatic rings. The molecule has 0 saturated carbocycles. The fourth-order valence-electron chi connectivity index (χ4n) is 3.99. The monoisotopic (exact) mass is 482 g/mol. The standard InChI is InChI=1S/C25H18N6O3S/c32-24-17-5-2-6-19(10-17)35(34)30-22-11-18(13-27-25(22)33)21-7-8-31-23(29-21)20(14-28-31)16-4-1-3-15(9-16)12-26-24/h1-11,13-14,30H,12H2,(H,26,32)(H,27,33). The smallest absolute Gasteiger partial charge is 0.272 e. The number of nitrogens with zero attached hydrogens (tertiary/aromatic N) is 3. The van der Waals surface area contributed by atoms with E-state index in [1.54, 1.807) is 59.5 Å². The molecule has 0 saturated heterocycles. The molecule has 0 spiro atoms. The predicted octanol–water partition coefficient (Wildman–Crippen LogP) is 3.13. The number of aromatic nitrogens is 4. The van der Waals surface area contributed by atoms with Gasteiger partial charge in [-0.3, -0.25) is 14.3 Å². The molecule has 0 radical (unpaired) electrons. The Morgan fingerprint density at radius 1 is 0.943 bits per heavy atom. The Morgan fingerprint density at radius 2 is 1.80 bits per heavy atom. The van der Waals surface area contributed by atoms with E-state index in [0.29, 0.717) is 33.9 Å². The lowest BCUT2D eigenvalue weighted by Gasteiger charge is -2.11. The van der Waals surface area contributed by atoms with Gasteiger partial charge in [0.25, 0.3) is 11.5 Å². The van der Waals surface area contributed by atoms with E-state index in [-0.39, 0.29) is 11.6 Å². The molecule has 3 aromatic heterocycles. The highest BCUT2D eigenvalue weighted by Crippen LogP contribution is 2.27. The molecule has 10 heteroatoms. The Labute approximate surface area is 201 Å². The minimum Gasteiger partial charge on any atom is -0.348 e. The summed E-state index contributed by atoms with van der Waals surface area (Å²) < 4.78 is 17.4. The molecule has 1 aliphatic rings. The van der Waals surface area contributed by atoms with Gasteiger partial charge in [-0.05, 0) is 47.5 Å². The highest BCUT2D eigenvalue weighted by molar-refractivity contribution is 7.86. The Balaban J connectivity index is 1.55. The molecule has 0 aliphatic carbocycles. The Hall–Kier alpha value is -4.57. The Kier molecular flexibility index (Phi) is 5.00. The first-order valence-electron chi connectivity index (χ1n) is 10.8. The van der Waals surface area contributed by atoms with Gasteiger partial charge in [0, 0.05) is 35.6 Å². The number of aromatic amines is 1. The van der Waals surface area contributed by atoms with Crippen LogP contribution in [0, 0.1) is 0 Å². The van der Waals surface area contributed by atoms with Gasteiger partial charge in [-0.1, -0.05) is 24.3 Å². The van der Waals surface area contributed by atoms with Crippen LogP contribution in [0.1, 0.15) is 15.9 Å². The number of H-pyrrole nitrogens is 1. The van der Waals surface area contributed by atoms with Crippen LogP contribution in [0.2, 0.25) is 0 Å². The number of rotatable bonds is 0. The summed E-state index contributed by atoms with van der Waals surface area (Å²) in [6.45, 7) is 0.316. The lowest BCUT2D eigenvalue weighted by Crippen LogP contribution is -2.23. The minimum atomic E-state index is -1.77. The van der Waals surface area contributed by atoms with Gasteiger partial charge in [-0.2, -0.15) is 5.10 Å². The normalized spacial score (nSPS) is 15.2. The molecule has 1 aliphatic heterocycles. The van der Waals surface area contributed by atoms with Crippen molar-refractivity contribution in [2.75, 3.05) is 4.72 Å². The molecule has 4 heterocycles. The van der Waals surface area contributed by atoms with Crippen LogP contribution in [-0.2, 0) is 17.5 Å². The summed E-state index contributed by atoms with van der Waals surface area (Å²) in [7, 11) is -1.77. The lowest BCUT2D eigenvalue weighted by atomic mass is 10.1. The zero-order valence-electron chi connectivity index (χ0n) is 18.2. The highest BCUT2D eigenvalue weighted by Gasteiger charge is 2.15. The van der Waals surface area contributed by atoms with E-state index < -0.39 is 16.5 Å². The molecule has 1 amide bonds. The molecule has 8 bridgehead atoms. The number of carbonyl (C=O) groups excluding carboxylic acids is 1. The summed E-state index contributed by atoms with van der Waals surface area (Å²) in [5.74, 6) is -0.294. The molecular formula is C25H18N6O3S. The van der Waals surface area contributed by atoms with Crippen molar-refractivity contribution in [2.24, 2.45) is 0 Å². The molecule has 172 valence electrons. The van der Waals surface area contributed by atoms with Crippen LogP contribution in [0.25, 0.3) is 28.0 Å². The van der Waals surface area contributed by atoms with Crippen molar-refractivity contribution in [3.8, 4) is 22.4 Å². The number of carbonyl (C=O) groups is 1. The summed E-state index contributed by atoms with van der Waals surface area (Å²) in [5, 5.41) is 7.32. The number of hydrogen-bond donors (Lipinski definition) is 3. The SMILES string of the molecule is O=C1NCc2cccc(c2)-c2cnn3ccc(nc23)-c2c[nH]c(=O)c(c2)NS(=O)c2cccc1c2. The number of anilines is 1. The topological polar surface area (TPSA) is 121 Å². The lowest BCUT2D eigenvalue weighted by molar-refractivity contribution is 0.0950. The summed E-state index contributed by atoms with van der Waals surface area (Å²) >= 11 is 0. The van der Waals surface area contributed by atoms with Crippen molar-refractivity contribution >= 4 is 28.2 Å². The van der Waals surface area contributed by atoms with Gasteiger partial charge in [0.1, 0.15) is 16.7 Å². The van der Waals surface area contributed by atoms with Gasteiger partial charge in [-0.25, -0.2) is 13.7 Å². The fourth-order valence-corrected chi connectivity index (χ4v) is 4.89. The predicted molar refractivity (Wildman–Crippen MR) is 132 cm³/mol. The number of pyridine rings is 1. The average Bonchev–Trinajstić information content (AvgIpc) is 3.31. The molecule has 9 nitrogen and oxygen atoms in total. The van der Waals surface area contributed by atoms with Crippen molar-refractivity contribution in [2.45, 2.75) is 11.4 Å². The number of fused-ring (bicyclic) bond motifs is 9. The van der Waals surface area contributed by atoms with E-state index in [1.807, 2.05) is 24.3 Å². The number of amides is 1. The Bertz CT molecular complexity index is 1710. The van der Waals surface area contributed by atoms with Crippen LogP contribution in [0.3, 0.4) is 0 Å². The second kappa shape index (κ2) is 8.33. The summed E-state index contributed by atoms with van der Waals surface area (Å²) in [6.07, 6.45) is 5.11. The largest absolute Gasteiger partial charge is 0.348 e. The third-order valence-electron chi connectivity index (χ3n) is 5.77. The van der Waals surface area contributed by atoms with Crippen LogP contribution in [0.5, 0.6) is 0 Å². The number of nitrogens with one attached hydrogen (secondary N) is 3. The van der Waals surface area contributed by atoms with Crippen LogP contribution in [0.4, 0.5) is 5.69 Å². The van der Waals surface area contributed by atoms with E-state index in [2.05, 4.69) is 20.1 Å². The summed E-state index contributed by atoms with van der Waals surface area (Å²) in [4.78, 5) is 33.1. The highest BCUT2D eigenvalue weighted by atomic mass is 32.2. The van der Waals surface area contributed by atoms with E-state index in [0.717, 1.165) is 16.7 Å². The maximum Gasteiger partial charge on any atom is 0.272 e. The second-order valence-corrected chi connectivity index (χ2v) is 9.27. The van der Waals surface area contributed by atoms with Gasteiger partial charge < -0.3 is 10.3 Å². The van der Waals surface area contributed by atoms with Crippen molar-refractivity contribution in [3.05, 3.63) is 101 Å². The first-order valence-corrected chi connectivity index (χ1v) is 11.9. The molecular weight excluding hydrogens is 464 g/mol. The molecule has 1 atom stereocenters. The van der Waals surface area contributed by atoms with Gasteiger partial charge >= 0.3 is 0 Å². The van der Waals surface area contributed by atoms with Crippen LogP contribution < -0.4 is 15.6 Å². The zero-order valence-corrected chi connectivity index (χ0v) is 19.0. The third kappa shape index (κ3) is 3.89. The molecule has 6 rings (SSSR count). The first kappa shape index (κ1) is 21.0. The van der Waals surface area contributed by atoms with E-state index >= 15 is 0 Å². The fraction of sp³-hybridized carbons (Fsp3) is 0.0400. The summed E-state index contributed by atoms with van der Waals surface area (Å²) in [5.41, 5.74) is 4.64. The van der Waals surface area contributed by atoms with Gasteiger partial charge in [0.15, 0.2) is 5.65 Å². The van der Waals surface area contributed by atoms with E-state index in [9.17, 15) is 13.8 Å². The Morgan fingerprint density at radius 3 is 2.71 bits per heavy atom.